The molecule has 1 aliphatic rings. The maximum Gasteiger partial charge on any atom is 0.268 e. The van der Waals surface area contributed by atoms with Crippen molar-refractivity contribution >= 4 is 32.5 Å². The third-order valence-electron chi connectivity index (χ3n) is 5.27. The van der Waals surface area contributed by atoms with Gasteiger partial charge in [-0.05, 0) is 36.4 Å². The van der Waals surface area contributed by atoms with E-state index in [1.54, 1.807) is 48.5 Å². The Morgan fingerprint density at radius 3 is 2.23 bits per heavy atom. The number of rotatable bonds is 3. The Hall–Kier alpha value is -3.71. The standard InChI is InChI=1S/C23H15NO5S/c1-29-14-11-12-16-18(13-14)23(26)21-20(22(16)25)17-9-5-6-10-19(17)24(21)30(27,28)15-7-3-2-4-8-15/h2-13H,1H3. The topological polar surface area (TPSA) is 82.4 Å². The van der Waals surface area contributed by atoms with Crippen molar-refractivity contribution in [3.63, 3.8) is 0 Å². The number of ketones is 2. The van der Waals surface area contributed by atoms with Crippen molar-refractivity contribution in [3.8, 4) is 5.75 Å². The van der Waals surface area contributed by atoms with Gasteiger partial charge in [-0.3, -0.25) is 9.59 Å². The van der Waals surface area contributed by atoms with Crippen LogP contribution in [0.3, 0.4) is 0 Å². The van der Waals surface area contributed by atoms with E-state index in [1.165, 1.54) is 31.4 Å². The largest absolute Gasteiger partial charge is 0.497 e. The molecule has 6 nitrogen and oxygen atoms in total. The third-order valence-corrected chi connectivity index (χ3v) is 7.00. The maximum atomic E-state index is 13.5. The average Bonchev–Trinajstić information content (AvgIpc) is 3.14. The summed E-state index contributed by atoms with van der Waals surface area (Å²) in [4.78, 5) is 26.9. The Labute approximate surface area is 172 Å². The van der Waals surface area contributed by atoms with Crippen LogP contribution in [0.2, 0.25) is 0 Å². The molecule has 0 amide bonds. The van der Waals surface area contributed by atoms with Crippen LogP contribution in [0.25, 0.3) is 10.9 Å². The minimum absolute atomic E-state index is 0.0326. The van der Waals surface area contributed by atoms with Gasteiger partial charge in [-0.2, -0.15) is 0 Å². The Kier molecular flexibility index (Phi) is 3.91. The molecule has 0 saturated heterocycles. The first-order chi connectivity index (χ1) is 14.4. The highest BCUT2D eigenvalue weighted by Gasteiger charge is 2.39. The molecule has 0 fully saturated rings. The van der Waals surface area contributed by atoms with Gasteiger partial charge in [0.2, 0.25) is 5.78 Å². The van der Waals surface area contributed by atoms with E-state index in [4.69, 9.17) is 4.74 Å². The van der Waals surface area contributed by atoms with Gasteiger partial charge in [0.25, 0.3) is 10.0 Å². The van der Waals surface area contributed by atoms with Crippen LogP contribution in [0.15, 0.2) is 77.7 Å². The van der Waals surface area contributed by atoms with Crippen LogP contribution in [0.1, 0.15) is 32.0 Å². The van der Waals surface area contributed by atoms with Crippen LogP contribution in [-0.4, -0.2) is 31.1 Å². The molecule has 7 heteroatoms. The number of carbonyl (C=O) groups excluding carboxylic acids is 2. The van der Waals surface area contributed by atoms with Crippen LogP contribution in [0.4, 0.5) is 0 Å². The summed E-state index contributed by atoms with van der Waals surface area (Å²) in [6, 6.07) is 19.1. The van der Waals surface area contributed by atoms with E-state index in [0.717, 1.165) is 3.97 Å². The molecule has 30 heavy (non-hydrogen) atoms. The van der Waals surface area contributed by atoms with E-state index >= 15 is 0 Å². The average molecular weight is 417 g/mol. The number of nitrogens with zero attached hydrogens (tertiary/aromatic N) is 1. The summed E-state index contributed by atoms with van der Waals surface area (Å²) in [5.41, 5.74) is 0.596. The molecule has 4 aromatic rings. The number of fused-ring (bicyclic) bond motifs is 4. The van der Waals surface area contributed by atoms with E-state index < -0.39 is 15.8 Å². The lowest BCUT2D eigenvalue weighted by Crippen LogP contribution is -2.26. The normalized spacial score (nSPS) is 13.2. The zero-order valence-electron chi connectivity index (χ0n) is 15.8. The van der Waals surface area contributed by atoms with Crippen LogP contribution in [0, 0.1) is 0 Å². The van der Waals surface area contributed by atoms with Crippen LogP contribution in [0.5, 0.6) is 5.75 Å². The molecule has 5 rings (SSSR count). The monoisotopic (exact) mass is 417 g/mol. The summed E-state index contributed by atoms with van der Waals surface area (Å²) in [6.45, 7) is 0. The zero-order chi connectivity index (χ0) is 21.0. The van der Waals surface area contributed by atoms with Crippen molar-refractivity contribution in [3.05, 3.63) is 95.2 Å². The van der Waals surface area contributed by atoms with E-state index in [-0.39, 0.29) is 38.6 Å². The van der Waals surface area contributed by atoms with Crippen LogP contribution < -0.4 is 4.74 Å². The summed E-state index contributed by atoms with van der Waals surface area (Å²) in [5.74, 6) is -0.512. The van der Waals surface area contributed by atoms with Crippen molar-refractivity contribution in [2.75, 3.05) is 7.11 Å². The molecule has 1 heterocycles. The van der Waals surface area contributed by atoms with Crippen molar-refractivity contribution in [2.24, 2.45) is 0 Å². The van der Waals surface area contributed by atoms with Crippen molar-refractivity contribution in [2.45, 2.75) is 4.90 Å². The summed E-state index contributed by atoms with van der Waals surface area (Å²) < 4.78 is 33.3. The van der Waals surface area contributed by atoms with Gasteiger partial charge in [-0.1, -0.05) is 36.4 Å². The van der Waals surface area contributed by atoms with Gasteiger partial charge < -0.3 is 4.74 Å². The van der Waals surface area contributed by atoms with Gasteiger partial charge in [0.05, 0.1) is 23.1 Å². The molecule has 0 unspecified atom stereocenters. The molecular weight excluding hydrogens is 402 g/mol. The third kappa shape index (κ3) is 2.39. The van der Waals surface area contributed by atoms with Crippen molar-refractivity contribution < 1.29 is 22.7 Å². The molecule has 0 atom stereocenters. The van der Waals surface area contributed by atoms with Gasteiger partial charge in [0.15, 0.2) is 5.78 Å². The number of hydrogen-bond donors (Lipinski definition) is 0. The van der Waals surface area contributed by atoms with Gasteiger partial charge in [-0.15, -0.1) is 0 Å². The first-order valence-corrected chi connectivity index (χ1v) is 10.6. The summed E-state index contributed by atoms with van der Waals surface area (Å²) >= 11 is 0. The lowest BCUT2D eigenvalue weighted by atomic mass is 9.87. The quantitative estimate of drug-likeness (QED) is 0.447. The Morgan fingerprint density at radius 1 is 0.800 bits per heavy atom. The van der Waals surface area contributed by atoms with E-state index in [9.17, 15) is 18.0 Å². The molecule has 3 aromatic carbocycles. The van der Waals surface area contributed by atoms with E-state index in [2.05, 4.69) is 0 Å². The number of benzene rings is 3. The molecule has 1 aromatic heterocycles. The second-order valence-corrected chi connectivity index (χ2v) is 8.68. The second kappa shape index (κ2) is 6.40. The van der Waals surface area contributed by atoms with Gasteiger partial charge in [0.1, 0.15) is 11.4 Å². The Bertz CT molecular complexity index is 1470. The molecule has 0 N–H and O–H groups in total. The Balaban J connectivity index is 1.90. The van der Waals surface area contributed by atoms with E-state index in [1.807, 2.05) is 0 Å². The van der Waals surface area contributed by atoms with Crippen LogP contribution in [-0.2, 0) is 10.0 Å². The minimum Gasteiger partial charge on any atom is -0.497 e. The predicted octanol–water partition coefficient (Wildman–Crippen LogP) is 3.66. The SMILES string of the molecule is COc1ccc2c(c1)C(=O)c1c(c3ccccc3n1S(=O)(=O)c1ccccc1)C2=O. The smallest absolute Gasteiger partial charge is 0.268 e. The van der Waals surface area contributed by atoms with E-state index in [0.29, 0.717) is 11.1 Å². The second-order valence-electron chi connectivity index (χ2n) is 6.89. The highest BCUT2D eigenvalue weighted by Crippen LogP contribution is 2.38. The van der Waals surface area contributed by atoms with Gasteiger partial charge in [0, 0.05) is 16.5 Å². The van der Waals surface area contributed by atoms with Crippen LogP contribution >= 0.6 is 0 Å². The maximum absolute atomic E-state index is 13.5. The number of aromatic nitrogens is 1. The van der Waals surface area contributed by atoms with Crippen molar-refractivity contribution in [1.82, 2.24) is 3.97 Å². The fraction of sp³-hybridized carbons (Fsp3) is 0.0435. The molecule has 0 bridgehead atoms. The molecule has 0 spiro atoms. The first kappa shape index (κ1) is 18.3. The lowest BCUT2D eigenvalue weighted by Gasteiger charge is -2.18. The molecule has 0 radical (unpaired) electrons. The minimum atomic E-state index is -4.13. The molecule has 1 aliphatic carbocycles. The summed E-state index contributed by atoms with van der Waals surface area (Å²) in [7, 11) is -2.67. The number of methoxy groups -OCH3 is 1. The molecule has 0 saturated carbocycles. The number of para-hydroxylation sites is 1. The summed E-state index contributed by atoms with van der Waals surface area (Å²) in [6.07, 6.45) is 0. The van der Waals surface area contributed by atoms with Crippen molar-refractivity contribution in [1.29, 1.82) is 0 Å². The fourth-order valence-electron chi connectivity index (χ4n) is 3.89. The highest BCUT2D eigenvalue weighted by atomic mass is 32.2. The molecule has 148 valence electrons. The van der Waals surface area contributed by atoms with Gasteiger partial charge >= 0.3 is 0 Å². The fourth-order valence-corrected chi connectivity index (χ4v) is 5.44. The Morgan fingerprint density at radius 2 is 1.50 bits per heavy atom. The number of ether oxygens (including phenoxy) is 1. The molecule has 0 aliphatic heterocycles. The lowest BCUT2D eigenvalue weighted by molar-refractivity contribution is 0.0976. The summed E-state index contributed by atoms with van der Waals surface area (Å²) in [5, 5.41) is 0.423. The number of hydrogen-bond acceptors (Lipinski definition) is 5. The predicted molar refractivity (Wildman–Crippen MR) is 111 cm³/mol. The molecular formula is C23H15NO5S. The first-order valence-electron chi connectivity index (χ1n) is 9.16. The number of carbonyl (C=O) groups is 2. The zero-order valence-corrected chi connectivity index (χ0v) is 16.6. The highest BCUT2D eigenvalue weighted by molar-refractivity contribution is 7.90. The van der Waals surface area contributed by atoms with Gasteiger partial charge in [-0.25, -0.2) is 12.4 Å².